The van der Waals surface area contributed by atoms with Crippen LogP contribution in [0.1, 0.15) is 44.9 Å². The Labute approximate surface area is 202 Å². The van der Waals surface area contributed by atoms with Crippen LogP contribution >= 0.6 is 27.5 Å². The molecule has 2 aromatic heterocycles. The van der Waals surface area contributed by atoms with Crippen LogP contribution < -0.4 is 5.32 Å². The van der Waals surface area contributed by atoms with Crippen LogP contribution in [0.4, 0.5) is 5.82 Å². The summed E-state index contributed by atoms with van der Waals surface area (Å²) in [6.45, 7) is 1.45. The van der Waals surface area contributed by atoms with Gasteiger partial charge >= 0.3 is 0 Å². The maximum atomic E-state index is 12.6. The standard InChI is InChI=1S/C24H29BrClN5O/c1-30(23(32)14-17-8-3-2-4-9-17)13-7-12-27-22-15-21(18-10-5-6-11-20(18)26)29-24-19(25)16-28-31(22)24/h5-6,10-11,15-17,27H,2-4,7-9,12-14H2,1H3. The lowest BCUT2D eigenvalue weighted by Gasteiger charge is -2.24. The first-order chi connectivity index (χ1) is 15.5. The predicted molar refractivity (Wildman–Crippen MR) is 133 cm³/mol. The summed E-state index contributed by atoms with van der Waals surface area (Å²) in [7, 11) is 1.91. The molecule has 1 aliphatic carbocycles. The molecule has 0 atom stereocenters. The monoisotopic (exact) mass is 517 g/mol. The zero-order valence-corrected chi connectivity index (χ0v) is 20.7. The molecule has 1 N–H and O–H groups in total. The Kier molecular flexibility index (Phi) is 7.68. The molecule has 3 aromatic rings. The molecule has 0 aliphatic heterocycles. The first-order valence-corrected chi connectivity index (χ1v) is 12.5. The third-order valence-corrected chi connectivity index (χ3v) is 7.06. The van der Waals surface area contributed by atoms with Crippen molar-refractivity contribution in [2.45, 2.75) is 44.9 Å². The average Bonchev–Trinajstić information content (AvgIpc) is 3.18. The molecule has 8 heteroatoms. The molecule has 1 amide bonds. The molecule has 0 spiro atoms. The zero-order valence-electron chi connectivity index (χ0n) is 18.4. The summed E-state index contributed by atoms with van der Waals surface area (Å²) in [5.74, 6) is 1.68. The number of hydrogen-bond donors (Lipinski definition) is 1. The Hall–Kier alpha value is -2.12. The van der Waals surface area contributed by atoms with Crippen LogP contribution in [0.2, 0.25) is 5.02 Å². The van der Waals surface area contributed by atoms with Gasteiger partial charge in [0.05, 0.1) is 16.4 Å². The lowest BCUT2D eigenvalue weighted by molar-refractivity contribution is -0.131. The van der Waals surface area contributed by atoms with Gasteiger partial charge in [0.1, 0.15) is 5.82 Å². The second-order valence-corrected chi connectivity index (χ2v) is 9.80. The minimum absolute atomic E-state index is 0.264. The molecule has 1 aromatic carbocycles. The van der Waals surface area contributed by atoms with Gasteiger partial charge in [-0.25, -0.2) is 4.98 Å². The van der Waals surface area contributed by atoms with E-state index in [1.165, 1.54) is 32.1 Å². The van der Waals surface area contributed by atoms with E-state index < -0.39 is 0 Å². The fourth-order valence-electron chi connectivity index (χ4n) is 4.32. The van der Waals surface area contributed by atoms with E-state index in [1.807, 2.05) is 42.3 Å². The van der Waals surface area contributed by atoms with Crippen molar-refractivity contribution in [3.05, 3.63) is 46.0 Å². The van der Waals surface area contributed by atoms with Gasteiger partial charge < -0.3 is 10.2 Å². The minimum atomic E-state index is 0.264. The highest BCUT2D eigenvalue weighted by Gasteiger charge is 2.19. The maximum Gasteiger partial charge on any atom is 0.222 e. The van der Waals surface area contributed by atoms with Crippen molar-refractivity contribution in [3.63, 3.8) is 0 Å². The third kappa shape index (κ3) is 5.44. The van der Waals surface area contributed by atoms with Crippen LogP contribution in [-0.4, -0.2) is 45.5 Å². The van der Waals surface area contributed by atoms with Gasteiger partial charge in [-0.15, -0.1) is 0 Å². The van der Waals surface area contributed by atoms with E-state index in [9.17, 15) is 4.79 Å². The molecule has 32 heavy (non-hydrogen) atoms. The summed E-state index contributed by atoms with van der Waals surface area (Å²) in [6, 6.07) is 9.64. The second-order valence-electron chi connectivity index (χ2n) is 8.54. The Bertz CT molecular complexity index is 1080. The average molecular weight is 519 g/mol. The van der Waals surface area contributed by atoms with Crippen molar-refractivity contribution >= 4 is 44.9 Å². The Balaban J connectivity index is 1.38. The van der Waals surface area contributed by atoms with E-state index >= 15 is 0 Å². The summed E-state index contributed by atoms with van der Waals surface area (Å²) < 4.78 is 2.60. The van der Waals surface area contributed by atoms with Crippen LogP contribution in [-0.2, 0) is 4.79 Å². The Morgan fingerprint density at radius 3 is 2.84 bits per heavy atom. The Morgan fingerprint density at radius 1 is 1.28 bits per heavy atom. The van der Waals surface area contributed by atoms with Gasteiger partial charge in [0.15, 0.2) is 5.65 Å². The van der Waals surface area contributed by atoms with E-state index in [2.05, 4.69) is 26.3 Å². The SMILES string of the molecule is CN(CCCNc1cc(-c2ccccc2Cl)nc2c(Br)cnn12)C(=O)CC1CCCCC1. The number of carbonyl (C=O) groups excluding carboxylic acids is 1. The van der Waals surface area contributed by atoms with Crippen molar-refractivity contribution in [2.24, 2.45) is 5.92 Å². The van der Waals surface area contributed by atoms with Crippen LogP contribution in [0.25, 0.3) is 16.9 Å². The topological polar surface area (TPSA) is 62.5 Å². The molecule has 1 saturated carbocycles. The number of nitrogens with zero attached hydrogens (tertiary/aromatic N) is 4. The normalized spacial score (nSPS) is 14.6. The number of benzene rings is 1. The highest BCUT2D eigenvalue weighted by Crippen LogP contribution is 2.30. The lowest BCUT2D eigenvalue weighted by Crippen LogP contribution is -2.30. The quantitative estimate of drug-likeness (QED) is 0.369. The van der Waals surface area contributed by atoms with Gasteiger partial charge in [-0.2, -0.15) is 9.61 Å². The molecule has 1 aliphatic rings. The summed E-state index contributed by atoms with van der Waals surface area (Å²) >= 11 is 9.94. The van der Waals surface area contributed by atoms with Crippen molar-refractivity contribution in [1.82, 2.24) is 19.5 Å². The number of amides is 1. The minimum Gasteiger partial charge on any atom is -0.370 e. The number of carbonyl (C=O) groups is 1. The molecule has 0 saturated heterocycles. The summed E-state index contributed by atoms with van der Waals surface area (Å²) in [6.07, 6.45) is 9.54. The van der Waals surface area contributed by atoms with Crippen molar-refractivity contribution < 1.29 is 4.79 Å². The van der Waals surface area contributed by atoms with Crippen molar-refractivity contribution in [3.8, 4) is 11.3 Å². The molecule has 0 radical (unpaired) electrons. The van der Waals surface area contributed by atoms with Gasteiger partial charge in [0.25, 0.3) is 0 Å². The molecular formula is C24H29BrClN5O. The summed E-state index contributed by atoms with van der Waals surface area (Å²) in [5, 5.41) is 8.55. The number of hydrogen-bond acceptors (Lipinski definition) is 4. The molecule has 170 valence electrons. The molecule has 1 fully saturated rings. The van der Waals surface area contributed by atoms with E-state index in [-0.39, 0.29) is 5.91 Å². The fraction of sp³-hybridized carbons (Fsp3) is 0.458. The van der Waals surface area contributed by atoms with Gasteiger partial charge in [-0.1, -0.05) is 49.1 Å². The number of anilines is 1. The molecule has 0 unspecified atom stereocenters. The van der Waals surface area contributed by atoms with Gasteiger partial charge in [0, 0.05) is 43.2 Å². The smallest absolute Gasteiger partial charge is 0.222 e. The highest BCUT2D eigenvalue weighted by molar-refractivity contribution is 9.10. The maximum absolute atomic E-state index is 12.6. The predicted octanol–water partition coefficient (Wildman–Crippen LogP) is 6.04. The van der Waals surface area contributed by atoms with Gasteiger partial charge in [-0.05, 0) is 47.2 Å². The Morgan fingerprint density at radius 2 is 2.06 bits per heavy atom. The van der Waals surface area contributed by atoms with Crippen LogP contribution in [0.3, 0.4) is 0 Å². The van der Waals surface area contributed by atoms with Crippen molar-refractivity contribution in [1.29, 1.82) is 0 Å². The lowest BCUT2D eigenvalue weighted by atomic mass is 9.87. The van der Waals surface area contributed by atoms with E-state index in [0.717, 1.165) is 46.7 Å². The zero-order chi connectivity index (χ0) is 22.5. The molecule has 6 nitrogen and oxygen atoms in total. The first kappa shape index (κ1) is 23.1. The number of fused-ring (bicyclic) bond motifs is 1. The highest BCUT2D eigenvalue weighted by atomic mass is 79.9. The number of rotatable bonds is 8. The fourth-order valence-corrected chi connectivity index (χ4v) is 4.90. The number of halogens is 2. The summed E-state index contributed by atoms with van der Waals surface area (Å²) in [4.78, 5) is 19.2. The van der Waals surface area contributed by atoms with Crippen LogP contribution in [0.5, 0.6) is 0 Å². The largest absolute Gasteiger partial charge is 0.370 e. The molecule has 0 bridgehead atoms. The summed E-state index contributed by atoms with van der Waals surface area (Å²) in [5.41, 5.74) is 2.39. The first-order valence-electron chi connectivity index (χ1n) is 11.3. The molecule has 4 rings (SSSR count). The molecular weight excluding hydrogens is 490 g/mol. The molecule has 2 heterocycles. The van der Waals surface area contributed by atoms with Crippen molar-refractivity contribution in [2.75, 3.05) is 25.5 Å². The third-order valence-electron chi connectivity index (χ3n) is 6.17. The van der Waals surface area contributed by atoms with Gasteiger partial charge in [0.2, 0.25) is 5.91 Å². The second kappa shape index (κ2) is 10.7. The van der Waals surface area contributed by atoms with E-state index in [1.54, 1.807) is 10.7 Å². The number of aromatic nitrogens is 3. The van der Waals surface area contributed by atoms with Gasteiger partial charge in [-0.3, -0.25) is 4.79 Å². The van der Waals surface area contributed by atoms with E-state index in [4.69, 9.17) is 16.6 Å². The van der Waals surface area contributed by atoms with Crippen LogP contribution in [0.15, 0.2) is 41.0 Å². The van der Waals surface area contributed by atoms with E-state index in [0.29, 0.717) is 17.4 Å². The van der Waals surface area contributed by atoms with Crippen LogP contribution in [0, 0.1) is 5.92 Å². The number of nitrogens with one attached hydrogen (secondary N) is 1.